The number of nitrogens with one attached hydrogen (secondary N) is 2. The van der Waals surface area contributed by atoms with Crippen LogP contribution in [-0.4, -0.2) is 55.0 Å². The number of nitrogens with zero attached hydrogens (tertiary/aromatic N) is 2. The number of carbonyl (C=O) groups excluding carboxylic acids is 2. The minimum atomic E-state index is -3.34. The summed E-state index contributed by atoms with van der Waals surface area (Å²) in [5, 5.41) is 5.40. The molecule has 2 N–H and O–H groups in total. The molecule has 1 aromatic heterocycles. The second-order valence-corrected chi connectivity index (χ2v) is 12.3. The van der Waals surface area contributed by atoms with Crippen LogP contribution in [0.1, 0.15) is 36.0 Å². The molecule has 1 aliphatic heterocycles. The Bertz CT molecular complexity index is 1490. The Hall–Kier alpha value is -3.16. The lowest BCUT2D eigenvalue weighted by molar-refractivity contribution is -0.120. The molecule has 5 rings (SSSR count). The van der Waals surface area contributed by atoms with E-state index in [1.165, 1.54) is 15.6 Å². The third-order valence-corrected chi connectivity index (χ3v) is 9.73. The van der Waals surface area contributed by atoms with E-state index in [0.717, 1.165) is 19.2 Å². The van der Waals surface area contributed by atoms with E-state index in [4.69, 9.17) is 0 Å². The number of benzene rings is 2. The van der Waals surface area contributed by atoms with E-state index in [-0.39, 0.29) is 23.3 Å². The molecule has 196 valence electrons. The molecule has 1 saturated heterocycles. The predicted molar refractivity (Wildman–Crippen MR) is 135 cm³/mol. The van der Waals surface area contributed by atoms with Crippen LogP contribution in [0.4, 0.5) is 19.6 Å². The van der Waals surface area contributed by atoms with Crippen LogP contribution in [0, 0.1) is 17.6 Å². The minimum Gasteiger partial charge on any atom is -0.491 e. The van der Waals surface area contributed by atoms with Gasteiger partial charge in [-0.25, -0.2) is 26.5 Å². The zero-order valence-corrected chi connectivity index (χ0v) is 21.4. The van der Waals surface area contributed by atoms with Crippen LogP contribution in [0.25, 0.3) is 10.2 Å². The van der Waals surface area contributed by atoms with Crippen LogP contribution in [0.2, 0.25) is 0 Å². The first-order valence-electron chi connectivity index (χ1n) is 11.7. The van der Waals surface area contributed by atoms with Gasteiger partial charge in [0.05, 0.1) is 34.1 Å². The van der Waals surface area contributed by atoms with E-state index >= 15 is 0 Å². The van der Waals surface area contributed by atoms with E-state index in [0.29, 0.717) is 53.3 Å². The summed E-state index contributed by atoms with van der Waals surface area (Å²) in [5.41, 5.74) is 0.560. The Balaban J connectivity index is 1.27. The molecular formula is C24H24F2N4O5S2. The lowest BCUT2D eigenvalue weighted by Gasteiger charge is -2.31. The van der Waals surface area contributed by atoms with Crippen LogP contribution in [0.15, 0.2) is 30.3 Å². The maximum Gasteiger partial charge on any atom is 0.258 e. The molecule has 2 aromatic carbocycles. The van der Waals surface area contributed by atoms with Crippen molar-refractivity contribution in [1.29, 1.82) is 0 Å². The normalized spacial score (nSPS) is 18.5. The van der Waals surface area contributed by atoms with Gasteiger partial charge in [-0.3, -0.25) is 9.59 Å². The van der Waals surface area contributed by atoms with Gasteiger partial charge < -0.3 is 15.4 Å². The van der Waals surface area contributed by atoms with Crippen LogP contribution < -0.4 is 15.4 Å². The molecule has 37 heavy (non-hydrogen) atoms. The lowest BCUT2D eigenvalue weighted by Crippen LogP contribution is -2.44. The van der Waals surface area contributed by atoms with Gasteiger partial charge in [0, 0.05) is 18.8 Å². The number of hydrogen-bond donors (Lipinski definition) is 2. The fourth-order valence-corrected chi connectivity index (χ4v) is 7.15. The summed E-state index contributed by atoms with van der Waals surface area (Å²) in [6.07, 6.45) is 2.57. The summed E-state index contributed by atoms with van der Waals surface area (Å²) in [6, 6.07) is 6.83. The quantitative estimate of drug-likeness (QED) is 0.460. The number of methoxy groups -OCH3 is 1. The number of sulfonamides is 1. The standard InChI is InChI=1S/C24H24F2N4O5S2/c1-35-21-17(25)8-7-16(20(21)26)23(32)27-14-4-9-18-19(11-14)36-24(28-18)29-22(31)13-3-2-10-30(12-13)37(33,34)15-5-6-15/h4,7-9,11,13,15H,2-3,5-6,10,12H2,1H3,(H,27,32)(H,28,29,31). The molecule has 2 heterocycles. The molecule has 1 unspecified atom stereocenters. The highest BCUT2D eigenvalue weighted by molar-refractivity contribution is 7.90. The van der Waals surface area contributed by atoms with Crippen molar-refractivity contribution in [3.05, 3.63) is 47.5 Å². The summed E-state index contributed by atoms with van der Waals surface area (Å²) >= 11 is 1.19. The van der Waals surface area contributed by atoms with Gasteiger partial charge >= 0.3 is 0 Å². The topological polar surface area (TPSA) is 118 Å². The number of amides is 2. The zero-order chi connectivity index (χ0) is 26.3. The van der Waals surface area contributed by atoms with Crippen molar-refractivity contribution in [2.45, 2.75) is 30.9 Å². The van der Waals surface area contributed by atoms with Gasteiger partial charge in [0.2, 0.25) is 15.9 Å². The van der Waals surface area contributed by atoms with E-state index < -0.39 is 39.2 Å². The molecule has 1 atom stereocenters. The van der Waals surface area contributed by atoms with Gasteiger partial charge in [0.15, 0.2) is 22.5 Å². The fourth-order valence-electron chi connectivity index (χ4n) is 4.32. The van der Waals surface area contributed by atoms with Crippen molar-refractivity contribution in [3.63, 3.8) is 0 Å². The monoisotopic (exact) mass is 550 g/mol. The molecule has 13 heteroatoms. The van der Waals surface area contributed by atoms with Gasteiger partial charge in [-0.15, -0.1) is 0 Å². The average Bonchev–Trinajstić information content (AvgIpc) is 3.66. The molecule has 1 aliphatic carbocycles. The van der Waals surface area contributed by atoms with Crippen LogP contribution in [0.5, 0.6) is 5.75 Å². The highest BCUT2D eigenvalue weighted by atomic mass is 32.2. The van der Waals surface area contributed by atoms with Crippen LogP contribution >= 0.6 is 11.3 Å². The average molecular weight is 551 g/mol. The number of anilines is 2. The predicted octanol–water partition coefficient (Wildman–Crippen LogP) is 3.98. The summed E-state index contributed by atoms with van der Waals surface area (Å²) in [7, 11) is -2.23. The van der Waals surface area contributed by atoms with Crippen molar-refractivity contribution >= 4 is 54.2 Å². The number of thiazole rings is 1. The maximum atomic E-state index is 14.4. The van der Waals surface area contributed by atoms with Crippen molar-refractivity contribution < 1.29 is 31.5 Å². The van der Waals surface area contributed by atoms with E-state index in [1.54, 1.807) is 18.2 Å². The molecule has 2 aliphatic rings. The largest absolute Gasteiger partial charge is 0.491 e. The number of ether oxygens (including phenoxy) is 1. The summed E-state index contributed by atoms with van der Waals surface area (Å²) in [4.78, 5) is 29.9. The number of rotatable bonds is 7. The number of piperidine rings is 1. The molecule has 1 saturated carbocycles. The van der Waals surface area contributed by atoms with Gasteiger partial charge in [0.1, 0.15) is 0 Å². The van der Waals surface area contributed by atoms with E-state index in [2.05, 4.69) is 20.4 Å². The van der Waals surface area contributed by atoms with E-state index in [9.17, 15) is 26.8 Å². The van der Waals surface area contributed by atoms with Crippen LogP contribution in [0.3, 0.4) is 0 Å². The second-order valence-electron chi connectivity index (χ2n) is 9.03. The first-order chi connectivity index (χ1) is 17.7. The Morgan fingerprint density at radius 1 is 1.14 bits per heavy atom. The second kappa shape index (κ2) is 9.95. The van der Waals surface area contributed by atoms with Gasteiger partial charge in [-0.1, -0.05) is 11.3 Å². The van der Waals surface area contributed by atoms with Crippen molar-refractivity contribution in [2.75, 3.05) is 30.8 Å². The summed E-state index contributed by atoms with van der Waals surface area (Å²) in [5.74, 6) is -4.19. The molecule has 9 nitrogen and oxygen atoms in total. The third kappa shape index (κ3) is 5.15. The van der Waals surface area contributed by atoms with E-state index in [1.807, 2.05) is 0 Å². The molecule has 0 spiro atoms. The molecule has 2 amide bonds. The zero-order valence-electron chi connectivity index (χ0n) is 19.8. The third-order valence-electron chi connectivity index (χ3n) is 6.43. The minimum absolute atomic E-state index is 0.163. The van der Waals surface area contributed by atoms with Crippen molar-refractivity contribution in [2.24, 2.45) is 5.92 Å². The molecule has 3 aromatic rings. The first-order valence-corrected chi connectivity index (χ1v) is 14.0. The number of halogens is 2. The molecule has 0 bridgehead atoms. The Labute approximate surface area is 215 Å². The Morgan fingerprint density at radius 2 is 1.92 bits per heavy atom. The van der Waals surface area contributed by atoms with Crippen molar-refractivity contribution in [3.8, 4) is 5.75 Å². The molecule has 0 radical (unpaired) electrons. The number of aromatic nitrogens is 1. The highest BCUT2D eigenvalue weighted by Crippen LogP contribution is 2.34. The summed E-state index contributed by atoms with van der Waals surface area (Å²) < 4.78 is 60.0. The smallest absolute Gasteiger partial charge is 0.258 e. The summed E-state index contributed by atoms with van der Waals surface area (Å²) in [6.45, 7) is 0.601. The Kier molecular flexibility index (Phi) is 6.86. The highest BCUT2D eigenvalue weighted by Gasteiger charge is 2.42. The first kappa shape index (κ1) is 25.5. The van der Waals surface area contributed by atoms with Crippen molar-refractivity contribution in [1.82, 2.24) is 9.29 Å². The van der Waals surface area contributed by atoms with Gasteiger partial charge in [0.25, 0.3) is 5.91 Å². The number of hydrogen-bond acceptors (Lipinski definition) is 7. The number of carbonyl (C=O) groups is 2. The van der Waals surface area contributed by atoms with Gasteiger partial charge in [-0.2, -0.15) is 0 Å². The number of fused-ring (bicyclic) bond motifs is 1. The maximum absolute atomic E-state index is 14.4. The SMILES string of the molecule is COc1c(F)ccc(C(=O)Nc2ccc3nc(NC(=O)C4CCCN(S(=O)(=O)C5CC5)C4)sc3c2)c1F. The molecule has 2 fully saturated rings. The molecular weight excluding hydrogens is 526 g/mol. The lowest BCUT2D eigenvalue weighted by atomic mass is 9.99. The van der Waals surface area contributed by atoms with Crippen LogP contribution in [-0.2, 0) is 14.8 Å². The van der Waals surface area contributed by atoms with Gasteiger partial charge in [-0.05, 0) is 56.0 Å². The Morgan fingerprint density at radius 3 is 2.65 bits per heavy atom. The fraction of sp³-hybridized carbons (Fsp3) is 0.375.